The molecule has 30 heavy (non-hydrogen) atoms. The Kier molecular flexibility index (Phi) is 7.29. The molecule has 1 amide bonds. The van der Waals surface area contributed by atoms with Gasteiger partial charge in [-0.3, -0.25) is 4.79 Å². The number of nitrogens with one attached hydrogen (secondary N) is 1. The SMILES string of the molecule is COCCCn1c(-c2csc(-c3ccc(OC)cc3)n2)cc(C(=O)NC(C)C)c1C. The van der Waals surface area contributed by atoms with Crippen LogP contribution in [0.3, 0.4) is 0 Å². The van der Waals surface area contributed by atoms with Gasteiger partial charge in [-0.1, -0.05) is 0 Å². The number of hydrogen-bond donors (Lipinski definition) is 1. The number of rotatable bonds is 9. The number of carbonyl (C=O) groups is 1. The Hall–Kier alpha value is -2.64. The maximum atomic E-state index is 12.7. The third kappa shape index (κ3) is 4.91. The van der Waals surface area contributed by atoms with Crippen molar-refractivity contribution in [2.24, 2.45) is 0 Å². The van der Waals surface area contributed by atoms with Crippen molar-refractivity contribution >= 4 is 17.2 Å². The lowest BCUT2D eigenvalue weighted by Crippen LogP contribution is -2.30. The molecule has 0 spiro atoms. The number of hydrogen-bond acceptors (Lipinski definition) is 5. The molecule has 0 unspecified atom stereocenters. The summed E-state index contributed by atoms with van der Waals surface area (Å²) in [6, 6.07) is 9.91. The molecule has 6 nitrogen and oxygen atoms in total. The zero-order chi connectivity index (χ0) is 21.7. The van der Waals surface area contributed by atoms with Crippen molar-refractivity contribution in [2.75, 3.05) is 20.8 Å². The Morgan fingerprint density at radius 2 is 1.97 bits per heavy atom. The normalized spacial score (nSPS) is 11.1. The second kappa shape index (κ2) is 9.91. The van der Waals surface area contributed by atoms with E-state index < -0.39 is 0 Å². The van der Waals surface area contributed by atoms with Crippen molar-refractivity contribution in [3.8, 4) is 27.7 Å². The van der Waals surface area contributed by atoms with E-state index in [1.54, 1.807) is 25.6 Å². The molecule has 0 bridgehead atoms. The molecule has 0 aliphatic carbocycles. The second-order valence-corrected chi connectivity index (χ2v) is 8.28. The molecule has 1 N–H and O–H groups in total. The first-order valence-electron chi connectivity index (χ1n) is 10.0. The summed E-state index contributed by atoms with van der Waals surface area (Å²) in [4.78, 5) is 17.6. The van der Waals surface area contributed by atoms with Gasteiger partial charge in [-0.15, -0.1) is 11.3 Å². The number of methoxy groups -OCH3 is 2. The van der Waals surface area contributed by atoms with E-state index in [0.29, 0.717) is 12.2 Å². The maximum absolute atomic E-state index is 12.7. The van der Waals surface area contributed by atoms with E-state index in [2.05, 4.69) is 9.88 Å². The lowest BCUT2D eigenvalue weighted by molar-refractivity contribution is 0.0942. The standard InChI is InChI=1S/C23H29N3O3S/c1-15(2)24-22(27)19-13-21(26(16(19)3)11-6-12-28-4)20-14-30-23(25-20)17-7-9-18(29-5)10-8-17/h7-10,13-15H,6,11-12H2,1-5H3,(H,24,27). The Morgan fingerprint density at radius 1 is 1.23 bits per heavy atom. The van der Waals surface area contributed by atoms with Gasteiger partial charge >= 0.3 is 0 Å². The van der Waals surface area contributed by atoms with E-state index in [4.69, 9.17) is 14.5 Å². The average Bonchev–Trinajstić information content (AvgIpc) is 3.33. The van der Waals surface area contributed by atoms with Crippen molar-refractivity contribution in [3.05, 3.63) is 47.0 Å². The van der Waals surface area contributed by atoms with Crippen LogP contribution in [0.4, 0.5) is 0 Å². The first-order valence-corrected chi connectivity index (χ1v) is 10.9. The molecule has 0 saturated heterocycles. The lowest BCUT2D eigenvalue weighted by Gasteiger charge is -2.11. The molecule has 3 rings (SSSR count). The molecule has 2 aromatic heterocycles. The van der Waals surface area contributed by atoms with Gasteiger partial charge in [0.25, 0.3) is 5.91 Å². The zero-order valence-corrected chi connectivity index (χ0v) is 19.0. The Morgan fingerprint density at radius 3 is 2.60 bits per heavy atom. The quantitative estimate of drug-likeness (QED) is 0.500. The van der Waals surface area contributed by atoms with Gasteiger partial charge in [-0.2, -0.15) is 0 Å². The van der Waals surface area contributed by atoms with Gasteiger partial charge < -0.3 is 19.4 Å². The number of benzene rings is 1. The molecule has 0 aliphatic rings. The largest absolute Gasteiger partial charge is 0.497 e. The summed E-state index contributed by atoms with van der Waals surface area (Å²) in [6.07, 6.45) is 0.861. The predicted octanol–water partition coefficient (Wildman–Crippen LogP) is 4.77. The highest BCUT2D eigenvalue weighted by atomic mass is 32.1. The van der Waals surface area contributed by atoms with Crippen molar-refractivity contribution in [3.63, 3.8) is 0 Å². The number of ether oxygens (including phenoxy) is 2. The smallest absolute Gasteiger partial charge is 0.253 e. The minimum Gasteiger partial charge on any atom is -0.497 e. The van der Waals surface area contributed by atoms with Crippen molar-refractivity contribution in [1.29, 1.82) is 0 Å². The molecule has 160 valence electrons. The van der Waals surface area contributed by atoms with Gasteiger partial charge in [-0.25, -0.2) is 4.98 Å². The van der Waals surface area contributed by atoms with Gasteiger partial charge in [0.05, 0.1) is 24.1 Å². The molecule has 0 fully saturated rings. The van der Waals surface area contributed by atoms with E-state index in [1.807, 2.05) is 56.5 Å². The lowest BCUT2D eigenvalue weighted by atomic mass is 10.2. The van der Waals surface area contributed by atoms with Crippen LogP contribution in [0, 0.1) is 6.92 Å². The molecule has 0 atom stereocenters. The molecule has 3 aromatic rings. The Bertz CT molecular complexity index is 990. The zero-order valence-electron chi connectivity index (χ0n) is 18.2. The van der Waals surface area contributed by atoms with E-state index in [1.165, 1.54) is 0 Å². The first kappa shape index (κ1) is 22.1. The van der Waals surface area contributed by atoms with Crippen LogP contribution in [0.2, 0.25) is 0 Å². The monoisotopic (exact) mass is 427 g/mol. The van der Waals surface area contributed by atoms with Gasteiger partial charge in [0, 0.05) is 42.9 Å². The topological polar surface area (TPSA) is 65.4 Å². The fraction of sp³-hybridized carbons (Fsp3) is 0.391. The van der Waals surface area contributed by atoms with E-state index in [0.717, 1.165) is 46.4 Å². The molecule has 0 saturated carbocycles. The van der Waals surface area contributed by atoms with Gasteiger partial charge in [0.15, 0.2) is 0 Å². The Labute approximate surface area is 181 Å². The van der Waals surface area contributed by atoms with E-state index >= 15 is 0 Å². The highest BCUT2D eigenvalue weighted by Crippen LogP contribution is 2.32. The molecule has 0 radical (unpaired) electrons. The van der Waals surface area contributed by atoms with E-state index in [-0.39, 0.29) is 11.9 Å². The summed E-state index contributed by atoms with van der Waals surface area (Å²) in [5, 5.41) is 5.97. The average molecular weight is 428 g/mol. The van der Waals surface area contributed by atoms with Crippen LogP contribution < -0.4 is 10.1 Å². The molecular formula is C23H29N3O3S. The third-order valence-electron chi connectivity index (χ3n) is 4.86. The Balaban J connectivity index is 1.96. The van der Waals surface area contributed by atoms with Crippen LogP contribution in [0.1, 0.15) is 36.3 Å². The van der Waals surface area contributed by atoms with Gasteiger partial charge in [-0.05, 0) is 57.5 Å². The number of thiazole rings is 1. The van der Waals surface area contributed by atoms with Crippen molar-refractivity contribution in [1.82, 2.24) is 14.9 Å². The minimum absolute atomic E-state index is 0.0557. The molecule has 7 heteroatoms. The summed E-state index contributed by atoms with van der Waals surface area (Å²) in [5.74, 6) is 0.763. The summed E-state index contributed by atoms with van der Waals surface area (Å²) in [7, 11) is 3.36. The summed E-state index contributed by atoms with van der Waals surface area (Å²) in [6.45, 7) is 7.34. The maximum Gasteiger partial charge on any atom is 0.253 e. The predicted molar refractivity (Wildman–Crippen MR) is 121 cm³/mol. The van der Waals surface area contributed by atoms with E-state index in [9.17, 15) is 4.79 Å². The van der Waals surface area contributed by atoms with Crippen LogP contribution in [0.5, 0.6) is 5.75 Å². The van der Waals surface area contributed by atoms with Crippen LogP contribution >= 0.6 is 11.3 Å². The molecule has 2 heterocycles. The fourth-order valence-corrected chi connectivity index (χ4v) is 4.16. The first-order chi connectivity index (χ1) is 14.4. The highest BCUT2D eigenvalue weighted by Gasteiger charge is 2.20. The summed E-state index contributed by atoms with van der Waals surface area (Å²) < 4.78 is 12.6. The van der Waals surface area contributed by atoms with Gasteiger partial charge in [0.1, 0.15) is 10.8 Å². The van der Waals surface area contributed by atoms with Crippen LogP contribution in [-0.4, -0.2) is 42.3 Å². The molecule has 1 aromatic carbocycles. The fourth-order valence-electron chi connectivity index (χ4n) is 3.34. The summed E-state index contributed by atoms with van der Waals surface area (Å²) >= 11 is 1.59. The van der Waals surface area contributed by atoms with Crippen LogP contribution in [-0.2, 0) is 11.3 Å². The number of aromatic nitrogens is 2. The molecular weight excluding hydrogens is 398 g/mol. The van der Waals surface area contributed by atoms with Crippen molar-refractivity contribution in [2.45, 2.75) is 39.8 Å². The van der Waals surface area contributed by atoms with Crippen molar-refractivity contribution < 1.29 is 14.3 Å². The second-order valence-electron chi connectivity index (χ2n) is 7.42. The highest BCUT2D eigenvalue weighted by molar-refractivity contribution is 7.13. The minimum atomic E-state index is -0.0557. The van der Waals surface area contributed by atoms with Crippen LogP contribution in [0.15, 0.2) is 35.7 Å². The third-order valence-corrected chi connectivity index (χ3v) is 5.76. The number of amides is 1. The van der Waals surface area contributed by atoms with Gasteiger partial charge in [0.2, 0.25) is 0 Å². The van der Waals surface area contributed by atoms with Crippen LogP contribution in [0.25, 0.3) is 22.0 Å². The number of carbonyl (C=O) groups excluding carboxylic acids is 1. The molecule has 0 aliphatic heterocycles. The number of nitrogens with zero attached hydrogens (tertiary/aromatic N) is 2. The summed E-state index contributed by atoms with van der Waals surface area (Å²) in [5.41, 5.74) is 4.50.